The van der Waals surface area contributed by atoms with E-state index in [0.29, 0.717) is 6.04 Å². The van der Waals surface area contributed by atoms with Crippen molar-refractivity contribution in [3.8, 4) is 0 Å². The Morgan fingerprint density at radius 3 is 2.96 bits per heavy atom. The number of nitrogens with one attached hydrogen (secondary N) is 1. The van der Waals surface area contributed by atoms with E-state index in [9.17, 15) is 0 Å². The second-order valence-corrected chi connectivity index (χ2v) is 7.43. The number of hydrogen-bond donors (Lipinski definition) is 1. The molecular weight excluding hydrogens is 314 g/mol. The summed E-state index contributed by atoms with van der Waals surface area (Å²) in [7, 11) is 0. The van der Waals surface area contributed by atoms with Gasteiger partial charge in [-0.3, -0.25) is 9.88 Å². The zero-order valence-corrected chi connectivity index (χ0v) is 14.9. The lowest BCUT2D eigenvalue weighted by atomic mass is 10.0. The first-order valence-electron chi connectivity index (χ1n) is 8.60. The molecule has 0 spiro atoms. The molecule has 0 bridgehead atoms. The summed E-state index contributed by atoms with van der Waals surface area (Å²) in [5.41, 5.74) is 4.06. The van der Waals surface area contributed by atoms with Gasteiger partial charge in [-0.1, -0.05) is 0 Å². The van der Waals surface area contributed by atoms with E-state index in [1.54, 1.807) is 0 Å². The molecule has 1 fully saturated rings. The number of likely N-dealkylation sites (tertiary alicyclic amines) is 1. The van der Waals surface area contributed by atoms with Crippen molar-refractivity contribution in [2.45, 2.75) is 36.7 Å². The van der Waals surface area contributed by atoms with Crippen LogP contribution in [-0.4, -0.2) is 33.7 Å². The first kappa shape index (κ1) is 15.7. The molecule has 1 N–H and O–H groups in total. The predicted molar refractivity (Wildman–Crippen MR) is 101 cm³/mol. The number of H-pyrrole nitrogens is 1. The fraction of sp³-hybridized carbons (Fsp3) is 0.350. The highest BCUT2D eigenvalue weighted by atomic mass is 32.2. The van der Waals surface area contributed by atoms with Crippen molar-refractivity contribution >= 4 is 22.7 Å². The van der Waals surface area contributed by atoms with E-state index in [0.717, 1.165) is 13.0 Å². The second kappa shape index (κ2) is 6.99. The van der Waals surface area contributed by atoms with E-state index in [4.69, 9.17) is 0 Å². The third-order valence-corrected chi connectivity index (χ3v) is 5.79. The van der Waals surface area contributed by atoms with Crippen molar-refractivity contribution in [1.82, 2.24) is 14.9 Å². The van der Waals surface area contributed by atoms with Gasteiger partial charge in [-0.05, 0) is 73.5 Å². The van der Waals surface area contributed by atoms with Gasteiger partial charge in [0.2, 0.25) is 0 Å². The van der Waals surface area contributed by atoms with Crippen LogP contribution in [0.4, 0.5) is 0 Å². The summed E-state index contributed by atoms with van der Waals surface area (Å²) in [6.45, 7) is 2.23. The number of pyridine rings is 1. The number of thioether (sulfide) groups is 1. The molecule has 1 saturated heterocycles. The van der Waals surface area contributed by atoms with Crippen LogP contribution in [0, 0.1) is 0 Å². The Labute approximate surface area is 147 Å². The molecule has 0 unspecified atom stereocenters. The molecule has 0 saturated carbocycles. The summed E-state index contributed by atoms with van der Waals surface area (Å²) in [5.74, 6) is 0. The number of rotatable bonds is 5. The van der Waals surface area contributed by atoms with Crippen molar-refractivity contribution in [3.63, 3.8) is 0 Å². The summed E-state index contributed by atoms with van der Waals surface area (Å²) in [6, 6.07) is 11.6. The third-order valence-electron chi connectivity index (χ3n) is 5.06. The molecule has 3 nitrogen and oxygen atoms in total. The number of nitrogens with zero attached hydrogens (tertiary/aromatic N) is 2. The molecule has 3 aromatic rings. The number of fused-ring (bicyclic) bond motifs is 1. The van der Waals surface area contributed by atoms with Gasteiger partial charge in [-0.25, -0.2) is 0 Å². The first-order chi connectivity index (χ1) is 11.8. The quantitative estimate of drug-likeness (QED) is 0.696. The summed E-state index contributed by atoms with van der Waals surface area (Å²) in [6.07, 6.45) is 11.9. The first-order valence-corrected chi connectivity index (χ1v) is 9.83. The lowest BCUT2D eigenvalue weighted by molar-refractivity contribution is 0.244. The number of benzene rings is 1. The van der Waals surface area contributed by atoms with E-state index in [1.807, 2.05) is 24.2 Å². The van der Waals surface area contributed by atoms with Gasteiger partial charge in [0.15, 0.2) is 0 Å². The van der Waals surface area contributed by atoms with Crippen LogP contribution < -0.4 is 0 Å². The van der Waals surface area contributed by atoms with E-state index < -0.39 is 0 Å². The van der Waals surface area contributed by atoms with Crippen molar-refractivity contribution in [2.24, 2.45) is 0 Å². The van der Waals surface area contributed by atoms with Crippen molar-refractivity contribution in [1.29, 1.82) is 0 Å². The average Bonchev–Trinajstić information content (AvgIpc) is 3.23. The minimum atomic E-state index is 0.634. The highest BCUT2D eigenvalue weighted by Crippen LogP contribution is 2.29. The third kappa shape index (κ3) is 3.21. The van der Waals surface area contributed by atoms with Crippen LogP contribution in [0.3, 0.4) is 0 Å². The molecule has 124 valence electrons. The van der Waals surface area contributed by atoms with E-state index in [-0.39, 0.29) is 0 Å². The molecule has 1 aliphatic rings. The predicted octanol–water partition coefficient (Wildman–Crippen LogP) is 4.49. The zero-order valence-electron chi connectivity index (χ0n) is 14.0. The zero-order chi connectivity index (χ0) is 16.4. The Bertz CT molecular complexity index is 812. The van der Waals surface area contributed by atoms with Crippen molar-refractivity contribution in [3.05, 3.63) is 60.0 Å². The number of aromatic nitrogens is 2. The van der Waals surface area contributed by atoms with Gasteiger partial charge in [-0.2, -0.15) is 0 Å². The molecule has 1 atom stereocenters. The summed E-state index contributed by atoms with van der Waals surface area (Å²) in [4.78, 5) is 11.5. The van der Waals surface area contributed by atoms with Crippen LogP contribution in [0.15, 0.2) is 53.8 Å². The van der Waals surface area contributed by atoms with E-state index >= 15 is 0 Å². The van der Waals surface area contributed by atoms with Crippen LogP contribution in [0.2, 0.25) is 0 Å². The monoisotopic (exact) mass is 337 g/mol. The molecular formula is C20H23N3S. The van der Waals surface area contributed by atoms with Gasteiger partial charge >= 0.3 is 0 Å². The van der Waals surface area contributed by atoms with Crippen LogP contribution in [0.25, 0.3) is 10.9 Å². The average molecular weight is 337 g/mol. The Balaban J connectivity index is 1.53. The molecule has 0 radical (unpaired) electrons. The maximum Gasteiger partial charge on any atom is 0.0457 e. The van der Waals surface area contributed by atoms with Crippen LogP contribution in [-0.2, 0) is 13.0 Å². The van der Waals surface area contributed by atoms with Gasteiger partial charge in [0, 0.05) is 47.0 Å². The molecule has 0 aliphatic carbocycles. The fourth-order valence-corrected chi connectivity index (χ4v) is 4.20. The molecule has 4 rings (SSSR count). The van der Waals surface area contributed by atoms with E-state index in [1.165, 1.54) is 46.3 Å². The van der Waals surface area contributed by atoms with Crippen molar-refractivity contribution < 1.29 is 0 Å². The highest BCUT2D eigenvalue weighted by Gasteiger charge is 2.25. The molecule has 0 amide bonds. The second-order valence-electron chi connectivity index (χ2n) is 6.55. The fourth-order valence-electron chi connectivity index (χ4n) is 3.76. The lowest BCUT2D eigenvalue weighted by Crippen LogP contribution is -2.30. The van der Waals surface area contributed by atoms with Crippen molar-refractivity contribution in [2.75, 3.05) is 12.8 Å². The minimum absolute atomic E-state index is 0.634. The lowest BCUT2D eigenvalue weighted by Gasteiger charge is -2.24. The number of aromatic amines is 1. The molecule has 24 heavy (non-hydrogen) atoms. The summed E-state index contributed by atoms with van der Waals surface area (Å²) < 4.78 is 0. The smallest absolute Gasteiger partial charge is 0.0457 e. The van der Waals surface area contributed by atoms with Gasteiger partial charge < -0.3 is 4.98 Å². The Morgan fingerprint density at radius 1 is 1.25 bits per heavy atom. The van der Waals surface area contributed by atoms with Gasteiger partial charge in [0.25, 0.3) is 0 Å². The Morgan fingerprint density at radius 2 is 2.12 bits per heavy atom. The maximum atomic E-state index is 4.13. The van der Waals surface area contributed by atoms with E-state index in [2.05, 4.69) is 57.7 Å². The largest absolute Gasteiger partial charge is 0.361 e. The molecule has 3 heterocycles. The van der Waals surface area contributed by atoms with Gasteiger partial charge in [-0.15, -0.1) is 11.8 Å². The summed E-state index contributed by atoms with van der Waals surface area (Å²) in [5, 5.41) is 1.39. The topological polar surface area (TPSA) is 31.9 Å². The maximum absolute atomic E-state index is 4.13. The van der Waals surface area contributed by atoms with Crippen LogP contribution in [0.1, 0.15) is 24.0 Å². The highest BCUT2D eigenvalue weighted by molar-refractivity contribution is 7.98. The van der Waals surface area contributed by atoms with Crippen LogP contribution in [0.5, 0.6) is 0 Å². The van der Waals surface area contributed by atoms with Gasteiger partial charge in [0.1, 0.15) is 0 Å². The molecule has 4 heteroatoms. The normalized spacial score (nSPS) is 18.5. The molecule has 2 aromatic heterocycles. The Kier molecular flexibility index (Phi) is 4.58. The minimum Gasteiger partial charge on any atom is -0.361 e. The number of hydrogen-bond acceptors (Lipinski definition) is 3. The standard InChI is InChI=1S/C20H23N3S/c1-24-18-4-5-20-19(12-18)16(13-22-20)11-17-3-2-10-23(17)14-15-6-8-21-9-7-15/h4-9,12-13,17,22H,2-3,10-11,14H2,1H3/t17-/m1/s1. The Hall–Kier alpha value is -1.78. The molecule has 1 aliphatic heterocycles. The van der Waals surface area contributed by atoms with Gasteiger partial charge in [0.05, 0.1) is 0 Å². The summed E-state index contributed by atoms with van der Waals surface area (Å²) >= 11 is 1.81. The SMILES string of the molecule is CSc1ccc2[nH]cc(C[C@H]3CCCN3Cc3ccncc3)c2c1. The molecule has 1 aromatic carbocycles. The van der Waals surface area contributed by atoms with Crippen LogP contribution >= 0.6 is 11.8 Å².